The average molecular weight is 1300 g/mol. The minimum Gasteiger partial charge on any atom is -0.496 e. The number of aldehydes is 4. The van der Waals surface area contributed by atoms with E-state index in [4.69, 9.17) is 56.8 Å². The van der Waals surface area contributed by atoms with Gasteiger partial charge in [0.2, 0.25) is 0 Å². The molecule has 4 unspecified atom stereocenters. The van der Waals surface area contributed by atoms with Gasteiger partial charge in [0.05, 0.1) is 77.1 Å². The Hall–Kier alpha value is -9.48. The molecule has 0 aliphatic heterocycles. The van der Waals surface area contributed by atoms with Crippen molar-refractivity contribution in [2.75, 3.05) is 110 Å². The summed E-state index contributed by atoms with van der Waals surface area (Å²) < 4.78 is 60.6. The second-order valence-electron chi connectivity index (χ2n) is 20.4. The fourth-order valence-corrected chi connectivity index (χ4v) is 9.04. The lowest BCUT2D eigenvalue weighted by Gasteiger charge is -2.29. The molecule has 8 aromatic rings. The van der Waals surface area contributed by atoms with Crippen LogP contribution in [0.3, 0.4) is 0 Å². The molecule has 20 nitrogen and oxygen atoms in total. The van der Waals surface area contributed by atoms with E-state index in [1.165, 1.54) is 79.1 Å². The summed E-state index contributed by atoms with van der Waals surface area (Å²) in [5, 5.41) is 37.6. The van der Waals surface area contributed by atoms with Crippen LogP contribution in [0.15, 0.2) is 194 Å². The molecule has 0 aliphatic carbocycles. The van der Waals surface area contributed by atoms with Gasteiger partial charge in [-0.05, 0) is 70.8 Å². The van der Waals surface area contributed by atoms with Crippen molar-refractivity contribution >= 4 is 25.1 Å². The van der Waals surface area contributed by atoms with Gasteiger partial charge in [0, 0.05) is 64.5 Å². The Bertz CT molecular complexity index is 2930. The summed E-state index contributed by atoms with van der Waals surface area (Å²) in [6.45, 7) is 1.34. The molecule has 0 saturated heterocycles. The number of carbonyl (C=O) groups is 4. The van der Waals surface area contributed by atoms with Crippen molar-refractivity contribution in [2.45, 2.75) is 36.3 Å². The molecule has 0 amide bonds. The van der Waals surface area contributed by atoms with Crippen LogP contribution >= 0.6 is 0 Å². The van der Waals surface area contributed by atoms with Crippen LogP contribution in [0.4, 0.5) is 0 Å². The maximum atomic E-state index is 10.7. The molecule has 8 aromatic carbocycles. The molecule has 0 fully saturated rings. The van der Waals surface area contributed by atoms with Crippen LogP contribution in [0, 0.1) is 0 Å². The van der Waals surface area contributed by atoms with Gasteiger partial charge >= 0.3 is 0 Å². The van der Waals surface area contributed by atoms with Crippen LogP contribution < -0.4 is 37.9 Å². The summed E-state index contributed by atoms with van der Waals surface area (Å²) >= 11 is 0. The lowest BCUT2D eigenvalue weighted by Crippen LogP contribution is -2.22. The van der Waals surface area contributed by atoms with Gasteiger partial charge in [0.25, 0.3) is 0 Å². The normalized spacial score (nSPS) is 11.7. The summed E-state index contributed by atoms with van der Waals surface area (Å²) in [6, 6.07) is 62.8. The Morgan fingerprint density at radius 3 is 0.628 bits per heavy atom. The number of aliphatic hydroxyl groups excluding tert-OH is 4. The maximum Gasteiger partial charge on any atom is 0.153 e. The summed E-state index contributed by atoms with van der Waals surface area (Å²) in [7, 11) is 11.9. The van der Waals surface area contributed by atoms with E-state index in [2.05, 4.69) is 121 Å². The summed E-state index contributed by atoms with van der Waals surface area (Å²) in [6.07, 6.45) is 0.109. The predicted molar refractivity (Wildman–Crippen MR) is 356 cm³/mol. The van der Waals surface area contributed by atoms with Gasteiger partial charge in [0.15, 0.2) is 25.1 Å². The molecule has 0 aromatic heterocycles. The standard InChI is InChI=1S/C26H22.4C12H16O5/c1-5-13-21(14-6-1)25(22-15-7-2-8-16-22)26(23-17-9-3-10-18-23)24-19-11-4-12-20-24;4*1-15-7-10(14)8-17-11-4-3-9(6-13)12(5-11)16-2/h1-20,25-26H;4*3-6,10,14H,7-8H2,1-2H3. The molecule has 0 spiro atoms. The molecule has 0 bridgehead atoms. The summed E-state index contributed by atoms with van der Waals surface area (Å²) in [5.41, 5.74) is 7.20. The van der Waals surface area contributed by atoms with Crippen LogP contribution in [0.5, 0.6) is 46.0 Å². The molecule has 502 valence electrons. The molecule has 0 saturated carbocycles. The first-order valence-corrected chi connectivity index (χ1v) is 29.7. The van der Waals surface area contributed by atoms with Crippen LogP contribution in [0.1, 0.15) is 75.5 Å². The first-order valence-electron chi connectivity index (χ1n) is 29.7. The first-order chi connectivity index (χ1) is 45.8. The van der Waals surface area contributed by atoms with Crippen molar-refractivity contribution < 1.29 is 96.4 Å². The SMILES string of the molecule is COCC(O)COc1ccc(C=O)c(OC)c1.COCC(O)COc1ccc(C=O)c(OC)c1.COCC(O)COc1ccc(C=O)c(OC)c1.COCC(O)COc1ccc(C=O)c(OC)c1.c1ccc(C(c2ccccc2)C(c2ccccc2)c2ccccc2)cc1. The van der Waals surface area contributed by atoms with Gasteiger partial charge in [-0.25, -0.2) is 0 Å². The third-order valence-electron chi connectivity index (χ3n) is 13.5. The van der Waals surface area contributed by atoms with E-state index in [9.17, 15) is 39.6 Å². The molecule has 94 heavy (non-hydrogen) atoms. The Kier molecular flexibility index (Phi) is 36.8. The number of hydrogen-bond donors (Lipinski definition) is 4. The molecule has 4 N–H and O–H groups in total. The largest absolute Gasteiger partial charge is 0.496 e. The van der Waals surface area contributed by atoms with E-state index < -0.39 is 24.4 Å². The topological polar surface area (TPSA) is 260 Å². The van der Waals surface area contributed by atoms with Gasteiger partial charge < -0.3 is 77.3 Å². The smallest absolute Gasteiger partial charge is 0.153 e. The van der Waals surface area contributed by atoms with E-state index in [-0.39, 0.29) is 64.7 Å². The molecular weight excluding hydrogens is 1210 g/mol. The van der Waals surface area contributed by atoms with Crippen molar-refractivity contribution in [1.82, 2.24) is 0 Å². The third-order valence-corrected chi connectivity index (χ3v) is 13.5. The minimum atomic E-state index is -0.684. The zero-order valence-corrected chi connectivity index (χ0v) is 54.2. The highest BCUT2D eigenvalue weighted by atomic mass is 16.5. The van der Waals surface area contributed by atoms with E-state index in [1.54, 1.807) is 72.8 Å². The summed E-state index contributed by atoms with van der Waals surface area (Å²) in [4.78, 5) is 42.7. The molecule has 4 atom stereocenters. The molecule has 20 heteroatoms. The van der Waals surface area contributed by atoms with Crippen molar-refractivity contribution in [3.63, 3.8) is 0 Å². The van der Waals surface area contributed by atoms with E-state index >= 15 is 0 Å². The third kappa shape index (κ3) is 27.0. The second-order valence-corrected chi connectivity index (χ2v) is 20.4. The fourth-order valence-electron chi connectivity index (χ4n) is 9.04. The Morgan fingerprint density at radius 1 is 0.277 bits per heavy atom. The van der Waals surface area contributed by atoms with Gasteiger partial charge in [-0.3, -0.25) is 19.2 Å². The lowest BCUT2D eigenvalue weighted by molar-refractivity contribution is 0.0325. The lowest BCUT2D eigenvalue weighted by atomic mass is 9.74. The van der Waals surface area contributed by atoms with Crippen molar-refractivity contribution in [3.05, 3.63) is 239 Å². The highest BCUT2D eigenvalue weighted by Gasteiger charge is 2.28. The number of methoxy groups -OCH3 is 8. The highest BCUT2D eigenvalue weighted by molar-refractivity contribution is 5.81. The van der Waals surface area contributed by atoms with Crippen LogP contribution in [0.2, 0.25) is 0 Å². The van der Waals surface area contributed by atoms with Gasteiger partial charge in [-0.15, -0.1) is 0 Å². The van der Waals surface area contributed by atoms with Crippen LogP contribution in [-0.2, 0) is 18.9 Å². The number of hydrogen-bond acceptors (Lipinski definition) is 20. The minimum absolute atomic E-state index is 0.122. The van der Waals surface area contributed by atoms with Gasteiger partial charge in [-0.1, -0.05) is 121 Å². The maximum absolute atomic E-state index is 10.7. The van der Waals surface area contributed by atoms with E-state index in [0.29, 0.717) is 93.4 Å². The highest BCUT2D eigenvalue weighted by Crippen LogP contribution is 2.43. The number of ether oxygens (including phenoxy) is 12. The predicted octanol–water partition coefficient (Wildman–Crippen LogP) is 10.2. The zero-order chi connectivity index (χ0) is 68.3. The second kappa shape index (κ2) is 44.9. The number of rotatable bonds is 33. The van der Waals surface area contributed by atoms with Crippen molar-refractivity contribution in [2.24, 2.45) is 0 Å². The first kappa shape index (κ1) is 77.0. The van der Waals surface area contributed by atoms with Gasteiger partial charge in [0.1, 0.15) is 96.8 Å². The number of aliphatic hydroxyl groups is 4. The molecule has 0 radical (unpaired) electrons. The molecule has 8 rings (SSSR count). The van der Waals surface area contributed by atoms with Gasteiger partial charge in [-0.2, -0.15) is 0 Å². The van der Waals surface area contributed by atoms with Crippen molar-refractivity contribution in [3.8, 4) is 46.0 Å². The fraction of sp³-hybridized carbons (Fsp3) is 0.297. The van der Waals surface area contributed by atoms with Crippen LogP contribution in [-0.4, -0.2) is 180 Å². The van der Waals surface area contributed by atoms with Crippen LogP contribution in [0.25, 0.3) is 0 Å². The Balaban J connectivity index is 0.000000254. The Morgan fingerprint density at radius 2 is 0.468 bits per heavy atom. The van der Waals surface area contributed by atoms with E-state index in [1.807, 2.05) is 0 Å². The zero-order valence-electron chi connectivity index (χ0n) is 54.2. The van der Waals surface area contributed by atoms with Crippen molar-refractivity contribution in [1.29, 1.82) is 0 Å². The van der Waals surface area contributed by atoms with E-state index in [0.717, 1.165) is 0 Å². The Labute approximate surface area is 550 Å². The monoisotopic (exact) mass is 1290 g/mol. The molecule has 0 heterocycles. The molecular formula is C74H86O20. The summed E-state index contributed by atoms with van der Waals surface area (Å²) in [5.74, 6) is 4.43. The number of carbonyl (C=O) groups excluding carboxylic acids is 4. The number of benzene rings is 8. The quantitative estimate of drug-likeness (QED) is 0.0279. The molecule has 0 aliphatic rings. The average Bonchev–Trinajstić information content (AvgIpc) is 0.800.